The number of likely N-dealkylation sites (N-methyl/N-ethyl adjacent to an activating group) is 1. The summed E-state index contributed by atoms with van der Waals surface area (Å²) in [5, 5.41) is 3.55. The highest BCUT2D eigenvalue weighted by atomic mass is 15.2. The van der Waals surface area contributed by atoms with Crippen LogP contribution in [0.5, 0.6) is 0 Å². The molecule has 2 heteroatoms. The first-order valence-electron chi connectivity index (χ1n) is 7.79. The van der Waals surface area contributed by atoms with E-state index in [1.54, 1.807) is 0 Å². The molecular weight excluding hydrogens is 232 g/mol. The van der Waals surface area contributed by atoms with Crippen molar-refractivity contribution < 1.29 is 0 Å². The molecule has 0 aromatic heterocycles. The Labute approximate surface area is 118 Å². The van der Waals surface area contributed by atoms with E-state index in [9.17, 15) is 0 Å². The van der Waals surface area contributed by atoms with E-state index in [4.69, 9.17) is 0 Å². The molecule has 106 valence electrons. The Bertz CT molecular complexity index is 365. The van der Waals surface area contributed by atoms with Gasteiger partial charge in [0.15, 0.2) is 0 Å². The molecule has 0 bridgehead atoms. The van der Waals surface area contributed by atoms with Crippen molar-refractivity contribution in [2.45, 2.75) is 52.1 Å². The van der Waals surface area contributed by atoms with Crippen molar-refractivity contribution in [3.8, 4) is 0 Å². The molecule has 1 aromatic carbocycles. The normalized spacial score (nSPS) is 21.6. The van der Waals surface area contributed by atoms with Crippen LogP contribution in [-0.4, -0.2) is 30.6 Å². The van der Waals surface area contributed by atoms with E-state index < -0.39 is 0 Å². The Kier molecular flexibility index (Phi) is 5.41. The molecule has 19 heavy (non-hydrogen) atoms. The molecule has 2 rings (SSSR count). The van der Waals surface area contributed by atoms with Gasteiger partial charge in [0.2, 0.25) is 0 Å². The molecule has 1 N–H and O–H groups in total. The van der Waals surface area contributed by atoms with Crippen LogP contribution >= 0.6 is 0 Å². The summed E-state index contributed by atoms with van der Waals surface area (Å²) < 4.78 is 0. The highest BCUT2D eigenvalue weighted by Crippen LogP contribution is 2.28. The van der Waals surface area contributed by atoms with E-state index in [2.05, 4.69) is 55.3 Å². The third-order valence-electron chi connectivity index (χ3n) is 4.35. The summed E-state index contributed by atoms with van der Waals surface area (Å²) in [6.45, 7) is 10.2. The van der Waals surface area contributed by atoms with Gasteiger partial charge >= 0.3 is 0 Å². The summed E-state index contributed by atoms with van der Waals surface area (Å²) >= 11 is 0. The number of hydrogen-bond acceptors (Lipinski definition) is 2. The van der Waals surface area contributed by atoms with Crippen molar-refractivity contribution in [2.24, 2.45) is 0 Å². The van der Waals surface area contributed by atoms with Gasteiger partial charge in [-0.15, -0.1) is 0 Å². The molecule has 2 unspecified atom stereocenters. The zero-order chi connectivity index (χ0) is 13.7. The Hall–Kier alpha value is -0.860. The molecule has 1 aliphatic rings. The monoisotopic (exact) mass is 260 g/mol. The van der Waals surface area contributed by atoms with Gasteiger partial charge in [0.05, 0.1) is 0 Å². The van der Waals surface area contributed by atoms with Crippen LogP contribution in [0.15, 0.2) is 24.3 Å². The Morgan fingerprint density at radius 1 is 1.26 bits per heavy atom. The lowest BCUT2D eigenvalue weighted by atomic mass is 9.97. The highest BCUT2D eigenvalue weighted by Gasteiger charge is 2.26. The van der Waals surface area contributed by atoms with E-state index in [-0.39, 0.29) is 0 Å². The van der Waals surface area contributed by atoms with E-state index in [0.717, 1.165) is 13.1 Å². The lowest BCUT2D eigenvalue weighted by Crippen LogP contribution is -2.47. The van der Waals surface area contributed by atoms with Gasteiger partial charge in [0.25, 0.3) is 0 Å². The molecule has 0 saturated carbocycles. The highest BCUT2D eigenvalue weighted by molar-refractivity contribution is 5.24. The number of benzene rings is 1. The molecule has 0 amide bonds. The van der Waals surface area contributed by atoms with E-state index in [0.29, 0.717) is 12.1 Å². The average Bonchev–Trinajstić information content (AvgIpc) is 2.47. The van der Waals surface area contributed by atoms with Crippen LogP contribution in [0.4, 0.5) is 0 Å². The fourth-order valence-corrected chi connectivity index (χ4v) is 3.30. The van der Waals surface area contributed by atoms with E-state index in [1.807, 2.05) is 0 Å². The van der Waals surface area contributed by atoms with Crippen molar-refractivity contribution in [3.63, 3.8) is 0 Å². The van der Waals surface area contributed by atoms with E-state index in [1.165, 1.54) is 36.9 Å². The van der Waals surface area contributed by atoms with Gasteiger partial charge in [-0.05, 0) is 44.8 Å². The molecular formula is C17H28N2. The second-order valence-corrected chi connectivity index (χ2v) is 5.67. The van der Waals surface area contributed by atoms with Gasteiger partial charge in [0, 0.05) is 18.6 Å². The Morgan fingerprint density at radius 2 is 2.00 bits per heavy atom. The zero-order valence-electron chi connectivity index (χ0n) is 12.7. The van der Waals surface area contributed by atoms with Crippen molar-refractivity contribution in [3.05, 3.63) is 35.4 Å². The maximum Gasteiger partial charge on any atom is 0.0348 e. The summed E-state index contributed by atoms with van der Waals surface area (Å²) in [5.74, 6) is 0. The van der Waals surface area contributed by atoms with Crippen LogP contribution in [-0.2, 0) is 0 Å². The van der Waals surface area contributed by atoms with Crippen LogP contribution in [0.3, 0.4) is 0 Å². The molecule has 0 aliphatic carbocycles. The first-order valence-corrected chi connectivity index (χ1v) is 7.79. The van der Waals surface area contributed by atoms with Gasteiger partial charge in [-0.1, -0.05) is 43.7 Å². The third-order valence-corrected chi connectivity index (χ3v) is 4.35. The third kappa shape index (κ3) is 3.58. The fourth-order valence-electron chi connectivity index (χ4n) is 3.30. The lowest BCUT2D eigenvalue weighted by Gasteiger charge is -2.39. The summed E-state index contributed by atoms with van der Waals surface area (Å²) in [4.78, 5) is 2.69. The maximum atomic E-state index is 3.55. The summed E-state index contributed by atoms with van der Waals surface area (Å²) in [7, 11) is 0. The van der Waals surface area contributed by atoms with Crippen LogP contribution in [0.25, 0.3) is 0 Å². The largest absolute Gasteiger partial charge is 0.315 e. The first kappa shape index (κ1) is 14.5. The Balaban J connectivity index is 2.15. The SMILES string of the molecule is CCC(c1ccc(C)cc1)N(CC)C1CCCNC1. The molecule has 1 saturated heterocycles. The van der Waals surface area contributed by atoms with Gasteiger partial charge in [0.1, 0.15) is 0 Å². The van der Waals surface area contributed by atoms with Crippen molar-refractivity contribution in [1.82, 2.24) is 10.2 Å². The van der Waals surface area contributed by atoms with Crippen molar-refractivity contribution in [2.75, 3.05) is 19.6 Å². The number of rotatable bonds is 5. The topological polar surface area (TPSA) is 15.3 Å². The minimum absolute atomic E-state index is 0.565. The van der Waals surface area contributed by atoms with Crippen LogP contribution in [0.1, 0.15) is 50.3 Å². The molecule has 2 atom stereocenters. The van der Waals surface area contributed by atoms with Gasteiger partial charge < -0.3 is 5.32 Å². The van der Waals surface area contributed by atoms with Crippen LogP contribution in [0, 0.1) is 6.92 Å². The number of hydrogen-bond donors (Lipinski definition) is 1. The number of nitrogens with one attached hydrogen (secondary N) is 1. The first-order chi connectivity index (χ1) is 9.26. The average molecular weight is 260 g/mol. The second kappa shape index (κ2) is 7.06. The minimum atomic E-state index is 0.565. The maximum absolute atomic E-state index is 3.55. The summed E-state index contributed by atoms with van der Waals surface area (Å²) in [6, 6.07) is 10.4. The zero-order valence-corrected chi connectivity index (χ0v) is 12.7. The number of nitrogens with zero attached hydrogens (tertiary/aromatic N) is 1. The molecule has 0 spiro atoms. The van der Waals surface area contributed by atoms with Crippen molar-refractivity contribution >= 4 is 0 Å². The number of piperidine rings is 1. The number of aryl methyl sites for hydroxylation is 1. The van der Waals surface area contributed by atoms with Gasteiger partial charge in [-0.25, -0.2) is 0 Å². The molecule has 0 radical (unpaired) electrons. The summed E-state index contributed by atoms with van der Waals surface area (Å²) in [6.07, 6.45) is 3.84. The lowest BCUT2D eigenvalue weighted by molar-refractivity contribution is 0.115. The smallest absolute Gasteiger partial charge is 0.0348 e. The molecule has 1 aromatic rings. The van der Waals surface area contributed by atoms with E-state index >= 15 is 0 Å². The molecule has 1 fully saturated rings. The van der Waals surface area contributed by atoms with Gasteiger partial charge in [-0.3, -0.25) is 4.90 Å². The van der Waals surface area contributed by atoms with Crippen LogP contribution in [0.2, 0.25) is 0 Å². The summed E-state index contributed by atoms with van der Waals surface area (Å²) in [5.41, 5.74) is 2.82. The van der Waals surface area contributed by atoms with Crippen molar-refractivity contribution in [1.29, 1.82) is 0 Å². The minimum Gasteiger partial charge on any atom is -0.315 e. The standard InChI is InChI=1S/C17H28N2/c1-4-17(15-10-8-14(3)9-11-15)19(5-2)16-7-6-12-18-13-16/h8-11,16-18H,4-7,12-13H2,1-3H3. The quantitative estimate of drug-likeness (QED) is 0.871. The molecule has 2 nitrogen and oxygen atoms in total. The predicted molar refractivity (Wildman–Crippen MR) is 82.5 cm³/mol. The Morgan fingerprint density at radius 3 is 2.53 bits per heavy atom. The molecule has 1 aliphatic heterocycles. The fraction of sp³-hybridized carbons (Fsp3) is 0.647. The van der Waals surface area contributed by atoms with Gasteiger partial charge in [-0.2, -0.15) is 0 Å². The predicted octanol–water partition coefficient (Wildman–Crippen LogP) is 3.52. The molecule has 1 heterocycles. The van der Waals surface area contributed by atoms with Crippen LogP contribution < -0.4 is 5.32 Å². The second-order valence-electron chi connectivity index (χ2n) is 5.67.